The summed E-state index contributed by atoms with van der Waals surface area (Å²) in [6.07, 6.45) is 3.09. The van der Waals surface area contributed by atoms with Crippen LogP contribution in [0.5, 0.6) is 0 Å². The van der Waals surface area contributed by atoms with E-state index in [1.807, 2.05) is 13.8 Å². The quantitative estimate of drug-likeness (QED) is 0.727. The van der Waals surface area contributed by atoms with E-state index < -0.39 is 0 Å². The van der Waals surface area contributed by atoms with Gasteiger partial charge in [0, 0.05) is 6.42 Å². The highest BCUT2D eigenvalue weighted by Gasteiger charge is 2.29. The largest absolute Gasteiger partial charge is 0.339 e. The van der Waals surface area contributed by atoms with Crippen LogP contribution in [0.25, 0.3) is 0 Å². The third kappa shape index (κ3) is 2.25. The molecule has 0 aliphatic carbocycles. The number of nitrogens with zero attached hydrogens (tertiary/aromatic N) is 3. The summed E-state index contributed by atoms with van der Waals surface area (Å²) < 4.78 is 5.16. The maximum atomic E-state index is 5.16. The van der Waals surface area contributed by atoms with Crippen LogP contribution in [0.15, 0.2) is 4.52 Å². The molecule has 2 heterocycles. The number of likely N-dealkylation sites (tertiary alicyclic amines) is 1. The molecule has 1 aliphatic heterocycles. The summed E-state index contributed by atoms with van der Waals surface area (Å²) in [6, 6.07) is 0.296. The highest BCUT2D eigenvalue weighted by molar-refractivity contribution is 5.04. The molecule has 16 heavy (non-hydrogen) atoms. The van der Waals surface area contributed by atoms with Gasteiger partial charge in [0.25, 0.3) is 0 Å². The minimum atomic E-state index is 0.296. The van der Waals surface area contributed by atoms with Crippen molar-refractivity contribution in [1.29, 1.82) is 0 Å². The average molecular weight is 219 g/mol. The molecule has 0 saturated carbocycles. The normalized spacial score (nSPS) is 20.8. The predicted molar refractivity (Wildman–Crippen MR) is 60.7 cm³/mol. The van der Waals surface area contributed by atoms with Crippen molar-refractivity contribution in [2.75, 3.05) is 13.1 Å². The minimum absolute atomic E-state index is 0.296. The minimum Gasteiger partial charge on any atom is -0.339 e. The Labute approximate surface area is 96.0 Å². The van der Waals surface area contributed by atoms with E-state index in [0.29, 0.717) is 6.04 Å². The first-order valence-corrected chi connectivity index (χ1v) is 5.81. The predicted octanol–water partition coefficient (Wildman–Crippen LogP) is 1.79. The molecule has 1 aliphatic rings. The van der Waals surface area contributed by atoms with Gasteiger partial charge < -0.3 is 4.52 Å². The molecule has 1 atom stereocenters. The SMILES string of the molecule is CC#CCN1CCC[C@H]1c1noc(CC)n1. The zero-order chi connectivity index (χ0) is 11.4. The molecule has 0 unspecified atom stereocenters. The summed E-state index contributed by atoms with van der Waals surface area (Å²) in [5.41, 5.74) is 0. The molecule has 0 spiro atoms. The molecule has 4 heteroatoms. The van der Waals surface area contributed by atoms with E-state index in [-0.39, 0.29) is 0 Å². The van der Waals surface area contributed by atoms with Crippen molar-refractivity contribution >= 4 is 0 Å². The van der Waals surface area contributed by atoms with E-state index in [0.717, 1.165) is 37.6 Å². The van der Waals surface area contributed by atoms with E-state index in [2.05, 4.69) is 26.9 Å². The van der Waals surface area contributed by atoms with Gasteiger partial charge in [0.2, 0.25) is 5.89 Å². The number of hydrogen-bond acceptors (Lipinski definition) is 4. The smallest absolute Gasteiger partial charge is 0.226 e. The number of aromatic nitrogens is 2. The standard InChI is InChI=1S/C12H17N3O/c1-3-5-8-15-9-6-7-10(15)12-13-11(4-2)16-14-12/h10H,4,6-9H2,1-2H3/t10-/m0/s1. The van der Waals surface area contributed by atoms with E-state index in [1.54, 1.807) is 0 Å². The maximum absolute atomic E-state index is 5.16. The van der Waals surface area contributed by atoms with E-state index in [9.17, 15) is 0 Å². The lowest BCUT2D eigenvalue weighted by Crippen LogP contribution is -2.24. The van der Waals surface area contributed by atoms with Crippen LogP contribution in [0, 0.1) is 11.8 Å². The summed E-state index contributed by atoms with van der Waals surface area (Å²) in [6.45, 7) is 5.77. The Morgan fingerprint density at radius 1 is 1.56 bits per heavy atom. The van der Waals surface area contributed by atoms with Gasteiger partial charge in [-0.05, 0) is 26.3 Å². The van der Waals surface area contributed by atoms with Crippen molar-refractivity contribution in [3.8, 4) is 11.8 Å². The highest BCUT2D eigenvalue weighted by atomic mass is 16.5. The summed E-state index contributed by atoms with van der Waals surface area (Å²) >= 11 is 0. The van der Waals surface area contributed by atoms with Gasteiger partial charge in [-0.15, -0.1) is 5.92 Å². The molecule has 1 fully saturated rings. The molecule has 1 saturated heterocycles. The van der Waals surface area contributed by atoms with Gasteiger partial charge in [-0.1, -0.05) is 18.0 Å². The van der Waals surface area contributed by atoms with E-state index in [1.165, 1.54) is 6.42 Å². The van der Waals surface area contributed by atoms with Crippen LogP contribution in [0.2, 0.25) is 0 Å². The van der Waals surface area contributed by atoms with Crippen molar-refractivity contribution in [2.45, 2.75) is 39.2 Å². The molecular weight excluding hydrogens is 202 g/mol. The second kappa shape index (κ2) is 5.13. The fourth-order valence-corrected chi connectivity index (χ4v) is 2.04. The van der Waals surface area contributed by atoms with Crippen molar-refractivity contribution in [3.05, 3.63) is 11.7 Å². The molecule has 1 aromatic rings. The first-order chi connectivity index (χ1) is 7.85. The molecule has 0 aromatic carbocycles. The van der Waals surface area contributed by atoms with Gasteiger partial charge in [0.15, 0.2) is 5.82 Å². The van der Waals surface area contributed by atoms with Gasteiger partial charge in [-0.25, -0.2) is 0 Å². The molecule has 0 amide bonds. The van der Waals surface area contributed by atoms with Crippen molar-refractivity contribution in [2.24, 2.45) is 0 Å². The van der Waals surface area contributed by atoms with E-state index in [4.69, 9.17) is 4.52 Å². The highest BCUT2D eigenvalue weighted by Crippen LogP contribution is 2.29. The molecule has 0 N–H and O–H groups in total. The first-order valence-electron chi connectivity index (χ1n) is 5.81. The summed E-state index contributed by atoms with van der Waals surface area (Å²) in [5.74, 6) is 7.58. The van der Waals surface area contributed by atoms with Gasteiger partial charge in [-0.3, -0.25) is 4.90 Å². The fraction of sp³-hybridized carbons (Fsp3) is 0.667. The van der Waals surface area contributed by atoms with E-state index >= 15 is 0 Å². The molecule has 0 bridgehead atoms. The summed E-state index contributed by atoms with van der Waals surface area (Å²) in [4.78, 5) is 6.72. The Balaban J connectivity index is 2.08. The van der Waals surface area contributed by atoms with Crippen LogP contribution in [-0.2, 0) is 6.42 Å². The Bertz CT molecular complexity index is 402. The van der Waals surface area contributed by atoms with Crippen LogP contribution in [0.4, 0.5) is 0 Å². The Morgan fingerprint density at radius 2 is 2.44 bits per heavy atom. The maximum Gasteiger partial charge on any atom is 0.226 e. The average Bonchev–Trinajstić information content (AvgIpc) is 2.94. The monoisotopic (exact) mass is 219 g/mol. The third-order valence-electron chi connectivity index (χ3n) is 2.91. The van der Waals surface area contributed by atoms with Crippen molar-refractivity contribution < 1.29 is 4.52 Å². The van der Waals surface area contributed by atoms with Gasteiger partial charge in [0.1, 0.15) is 0 Å². The lowest BCUT2D eigenvalue weighted by atomic mass is 10.2. The molecular formula is C12H17N3O. The summed E-state index contributed by atoms with van der Waals surface area (Å²) in [5, 5.41) is 4.05. The topological polar surface area (TPSA) is 42.2 Å². The molecule has 1 aromatic heterocycles. The number of hydrogen-bond donors (Lipinski definition) is 0. The zero-order valence-electron chi connectivity index (χ0n) is 9.86. The third-order valence-corrected chi connectivity index (χ3v) is 2.91. The van der Waals surface area contributed by atoms with Crippen LogP contribution in [-0.4, -0.2) is 28.1 Å². The van der Waals surface area contributed by atoms with Crippen LogP contribution < -0.4 is 0 Å². The molecule has 0 radical (unpaired) electrons. The van der Waals surface area contributed by atoms with Gasteiger partial charge >= 0.3 is 0 Å². The van der Waals surface area contributed by atoms with Crippen LogP contribution in [0.3, 0.4) is 0 Å². The molecule has 86 valence electrons. The van der Waals surface area contributed by atoms with Crippen LogP contribution in [0.1, 0.15) is 44.4 Å². The fourth-order valence-electron chi connectivity index (χ4n) is 2.04. The zero-order valence-corrected chi connectivity index (χ0v) is 9.86. The van der Waals surface area contributed by atoms with Crippen LogP contribution >= 0.6 is 0 Å². The van der Waals surface area contributed by atoms with Gasteiger partial charge in [-0.2, -0.15) is 4.98 Å². The lowest BCUT2D eigenvalue weighted by Gasteiger charge is -2.18. The van der Waals surface area contributed by atoms with Crippen molar-refractivity contribution in [3.63, 3.8) is 0 Å². The Morgan fingerprint density at radius 3 is 3.12 bits per heavy atom. The number of rotatable bonds is 3. The van der Waals surface area contributed by atoms with Gasteiger partial charge in [0.05, 0.1) is 12.6 Å². The lowest BCUT2D eigenvalue weighted by molar-refractivity contribution is 0.270. The van der Waals surface area contributed by atoms with Crippen molar-refractivity contribution in [1.82, 2.24) is 15.0 Å². The second-order valence-corrected chi connectivity index (χ2v) is 3.96. The Kier molecular flexibility index (Phi) is 3.58. The summed E-state index contributed by atoms with van der Waals surface area (Å²) in [7, 11) is 0. The Hall–Kier alpha value is -1.34. The first kappa shape index (κ1) is 11.2. The second-order valence-electron chi connectivity index (χ2n) is 3.96. The molecule has 4 nitrogen and oxygen atoms in total. The molecule has 2 rings (SSSR count). The number of aryl methyl sites for hydroxylation is 1.